The SMILES string of the molecule is CCCCC(C(=O)O)C(C)(O)C1CC1. The van der Waals surface area contributed by atoms with Crippen LogP contribution in [0.5, 0.6) is 0 Å². The molecule has 0 amide bonds. The highest BCUT2D eigenvalue weighted by Gasteiger charge is 2.48. The summed E-state index contributed by atoms with van der Waals surface area (Å²) in [6.45, 7) is 3.71. The third-order valence-electron chi connectivity index (χ3n) is 3.25. The van der Waals surface area contributed by atoms with Crippen molar-refractivity contribution in [2.24, 2.45) is 11.8 Å². The van der Waals surface area contributed by atoms with Gasteiger partial charge in [0.1, 0.15) is 0 Å². The Balaban J connectivity index is 2.60. The minimum absolute atomic E-state index is 0.209. The van der Waals surface area contributed by atoms with E-state index in [2.05, 4.69) is 0 Å². The predicted molar refractivity (Wildman–Crippen MR) is 54.0 cm³/mol. The highest BCUT2D eigenvalue weighted by molar-refractivity contribution is 5.71. The van der Waals surface area contributed by atoms with E-state index in [9.17, 15) is 9.90 Å². The fourth-order valence-electron chi connectivity index (χ4n) is 2.03. The lowest BCUT2D eigenvalue weighted by Gasteiger charge is -2.30. The molecule has 0 spiro atoms. The smallest absolute Gasteiger partial charge is 0.309 e. The molecule has 1 aliphatic carbocycles. The van der Waals surface area contributed by atoms with Gasteiger partial charge < -0.3 is 10.2 Å². The van der Waals surface area contributed by atoms with Gasteiger partial charge in [-0.3, -0.25) is 4.79 Å². The highest BCUT2D eigenvalue weighted by atomic mass is 16.4. The molecule has 0 aromatic carbocycles. The van der Waals surface area contributed by atoms with Crippen molar-refractivity contribution in [2.75, 3.05) is 0 Å². The van der Waals surface area contributed by atoms with E-state index in [4.69, 9.17) is 5.11 Å². The number of carboxylic acid groups (broad SMARTS) is 1. The summed E-state index contributed by atoms with van der Waals surface area (Å²) in [5, 5.41) is 19.2. The van der Waals surface area contributed by atoms with Gasteiger partial charge in [0, 0.05) is 0 Å². The largest absolute Gasteiger partial charge is 0.481 e. The monoisotopic (exact) mass is 200 g/mol. The van der Waals surface area contributed by atoms with Crippen LogP contribution < -0.4 is 0 Å². The zero-order chi connectivity index (χ0) is 10.8. The Labute approximate surface area is 85.1 Å². The van der Waals surface area contributed by atoms with Gasteiger partial charge in [-0.15, -0.1) is 0 Å². The molecule has 1 aliphatic rings. The maximum absolute atomic E-state index is 11.0. The van der Waals surface area contributed by atoms with E-state index in [1.54, 1.807) is 6.92 Å². The number of unbranched alkanes of at least 4 members (excludes halogenated alkanes) is 1. The fourth-order valence-corrected chi connectivity index (χ4v) is 2.03. The summed E-state index contributed by atoms with van der Waals surface area (Å²) in [5.41, 5.74) is -0.999. The molecule has 0 bridgehead atoms. The zero-order valence-electron chi connectivity index (χ0n) is 8.99. The first-order valence-corrected chi connectivity index (χ1v) is 5.45. The number of hydrogen-bond acceptors (Lipinski definition) is 2. The quantitative estimate of drug-likeness (QED) is 0.689. The number of carboxylic acids is 1. The van der Waals surface area contributed by atoms with E-state index in [-0.39, 0.29) is 5.92 Å². The maximum Gasteiger partial charge on any atom is 0.309 e. The van der Waals surface area contributed by atoms with E-state index in [1.807, 2.05) is 6.92 Å². The maximum atomic E-state index is 11.0. The molecule has 1 rings (SSSR count). The minimum Gasteiger partial charge on any atom is -0.481 e. The number of aliphatic carboxylic acids is 1. The van der Waals surface area contributed by atoms with Gasteiger partial charge in [-0.25, -0.2) is 0 Å². The Morgan fingerprint density at radius 3 is 2.50 bits per heavy atom. The second kappa shape index (κ2) is 4.30. The van der Waals surface area contributed by atoms with E-state index >= 15 is 0 Å². The molecule has 0 aliphatic heterocycles. The lowest BCUT2D eigenvalue weighted by atomic mass is 9.81. The summed E-state index contributed by atoms with van der Waals surface area (Å²) in [6, 6.07) is 0. The van der Waals surface area contributed by atoms with Gasteiger partial charge in [0.2, 0.25) is 0 Å². The topological polar surface area (TPSA) is 57.5 Å². The van der Waals surface area contributed by atoms with Gasteiger partial charge in [-0.2, -0.15) is 0 Å². The van der Waals surface area contributed by atoms with Gasteiger partial charge in [0.25, 0.3) is 0 Å². The van der Waals surface area contributed by atoms with Gasteiger partial charge in [-0.1, -0.05) is 19.8 Å². The van der Waals surface area contributed by atoms with Gasteiger partial charge in [0.15, 0.2) is 0 Å². The Morgan fingerprint density at radius 1 is 1.57 bits per heavy atom. The summed E-state index contributed by atoms with van der Waals surface area (Å²) < 4.78 is 0. The summed E-state index contributed by atoms with van der Waals surface area (Å²) in [5.74, 6) is -1.23. The molecule has 3 heteroatoms. The van der Waals surface area contributed by atoms with Crippen LogP contribution in [0.25, 0.3) is 0 Å². The van der Waals surface area contributed by atoms with Crippen LogP contribution in [0.4, 0.5) is 0 Å². The van der Waals surface area contributed by atoms with Crippen LogP contribution in [0.2, 0.25) is 0 Å². The number of hydrogen-bond donors (Lipinski definition) is 2. The first-order chi connectivity index (χ1) is 6.50. The average molecular weight is 200 g/mol. The summed E-state index contributed by atoms with van der Waals surface area (Å²) >= 11 is 0. The first-order valence-electron chi connectivity index (χ1n) is 5.45. The Morgan fingerprint density at radius 2 is 2.14 bits per heavy atom. The van der Waals surface area contributed by atoms with E-state index < -0.39 is 17.5 Å². The van der Waals surface area contributed by atoms with Crippen LogP contribution in [-0.2, 0) is 4.79 Å². The van der Waals surface area contributed by atoms with Gasteiger partial charge in [0.05, 0.1) is 11.5 Å². The third kappa shape index (κ3) is 2.47. The van der Waals surface area contributed by atoms with Crippen molar-refractivity contribution >= 4 is 5.97 Å². The lowest BCUT2D eigenvalue weighted by molar-refractivity contribution is -0.153. The molecule has 14 heavy (non-hydrogen) atoms. The number of rotatable bonds is 6. The molecule has 0 aromatic rings. The predicted octanol–water partition coefficient (Wildman–Crippen LogP) is 2.04. The Hall–Kier alpha value is -0.570. The van der Waals surface area contributed by atoms with Crippen LogP contribution in [0.3, 0.4) is 0 Å². The molecule has 0 radical (unpaired) electrons. The van der Waals surface area contributed by atoms with E-state index in [0.29, 0.717) is 6.42 Å². The van der Waals surface area contributed by atoms with Crippen molar-refractivity contribution in [3.05, 3.63) is 0 Å². The molecule has 3 nitrogen and oxygen atoms in total. The Bertz CT molecular complexity index is 207. The standard InChI is InChI=1S/C11H20O3/c1-3-4-5-9(10(12)13)11(2,14)8-6-7-8/h8-9,14H,3-7H2,1-2H3,(H,12,13). The second-order valence-corrected chi connectivity index (χ2v) is 4.53. The fraction of sp³-hybridized carbons (Fsp3) is 0.909. The Kier molecular flexibility index (Phi) is 3.53. The molecule has 82 valence electrons. The summed E-state index contributed by atoms with van der Waals surface area (Å²) in [4.78, 5) is 11.0. The van der Waals surface area contributed by atoms with Crippen molar-refractivity contribution in [1.82, 2.24) is 0 Å². The molecule has 1 fully saturated rings. The molecular formula is C11H20O3. The van der Waals surface area contributed by atoms with Crippen LogP contribution in [-0.4, -0.2) is 21.8 Å². The van der Waals surface area contributed by atoms with Crippen molar-refractivity contribution < 1.29 is 15.0 Å². The van der Waals surface area contributed by atoms with E-state index in [0.717, 1.165) is 25.7 Å². The molecule has 2 N–H and O–H groups in total. The van der Waals surface area contributed by atoms with Crippen molar-refractivity contribution in [1.29, 1.82) is 0 Å². The molecular weight excluding hydrogens is 180 g/mol. The van der Waals surface area contributed by atoms with Gasteiger partial charge >= 0.3 is 5.97 Å². The molecule has 2 unspecified atom stereocenters. The summed E-state index contributed by atoms with van der Waals surface area (Å²) in [7, 11) is 0. The molecule has 1 saturated carbocycles. The first kappa shape index (κ1) is 11.5. The average Bonchev–Trinajstić information content (AvgIpc) is 2.85. The van der Waals surface area contributed by atoms with Crippen molar-refractivity contribution in [3.63, 3.8) is 0 Å². The molecule has 2 atom stereocenters. The molecule has 0 aromatic heterocycles. The van der Waals surface area contributed by atoms with Crippen LogP contribution in [0.1, 0.15) is 46.0 Å². The lowest BCUT2D eigenvalue weighted by Crippen LogP contribution is -2.41. The zero-order valence-corrected chi connectivity index (χ0v) is 8.99. The minimum atomic E-state index is -0.999. The summed E-state index contributed by atoms with van der Waals surface area (Å²) in [6.07, 6.45) is 4.39. The molecule has 0 saturated heterocycles. The van der Waals surface area contributed by atoms with E-state index in [1.165, 1.54) is 0 Å². The van der Waals surface area contributed by atoms with Gasteiger partial charge in [-0.05, 0) is 32.1 Å². The van der Waals surface area contributed by atoms with Crippen LogP contribution >= 0.6 is 0 Å². The number of carbonyl (C=O) groups is 1. The van der Waals surface area contributed by atoms with Crippen molar-refractivity contribution in [3.8, 4) is 0 Å². The normalized spacial score (nSPS) is 22.8. The van der Waals surface area contributed by atoms with Crippen LogP contribution in [0, 0.1) is 11.8 Å². The third-order valence-corrected chi connectivity index (χ3v) is 3.25. The molecule has 0 heterocycles. The van der Waals surface area contributed by atoms with Crippen molar-refractivity contribution in [2.45, 2.75) is 51.6 Å². The van der Waals surface area contributed by atoms with Crippen LogP contribution in [0.15, 0.2) is 0 Å². The number of aliphatic hydroxyl groups is 1. The highest BCUT2D eigenvalue weighted by Crippen LogP contribution is 2.44. The second-order valence-electron chi connectivity index (χ2n) is 4.53.